The van der Waals surface area contributed by atoms with Crippen molar-refractivity contribution >= 4 is 0 Å². The Morgan fingerprint density at radius 1 is 0.306 bits per heavy atom. The number of piperidine rings is 1. The van der Waals surface area contributed by atoms with Crippen LogP contribution in [0.25, 0.3) is 0 Å². The summed E-state index contributed by atoms with van der Waals surface area (Å²) in [5.74, 6) is 0. The molecule has 294 valence electrons. The molecule has 8 heteroatoms. The Hall–Kier alpha value is -0.320. The number of hydrogen-bond donors (Lipinski definition) is 3. The SMILES string of the molecule is CC(C)(C)N1CCCC1.CC(C)(C)N1CCCCC1.CC(C)(C)N1CCCCN1.CC(C)(C)N1CCCNC1.CC(C)(C)N1CCNCC1. The Kier molecular flexibility index (Phi) is 21.0. The van der Waals surface area contributed by atoms with Gasteiger partial charge < -0.3 is 10.6 Å². The molecule has 5 rings (SSSR count). The molecule has 0 atom stereocenters. The van der Waals surface area contributed by atoms with Gasteiger partial charge in [-0.25, -0.2) is 5.01 Å². The fourth-order valence-corrected chi connectivity index (χ4v) is 6.81. The molecule has 0 aliphatic carbocycles. The van der Waals surface area contributed by atoms with E-state index in [1.807, 2.05) is 0 Å². The summed E-state index contributed by atoms with van der Waals surface area (Å²) in [6.07, 6.45) is 11.0. The Morgan fingerprint density at radius 2 is 0.694 bits per heavy atom. The molecule has 49 heavy (non-hydrogen) atoms. The highest BCUT2D eigenvalue weighted by molar-refractivity contribution is 4.82. The van der Waals surface area contributed by atoms with Crippen LogP contribution in [0.5, 0.6) is 0 Å². The van der Waals surface area contributed by atoms with Crippen LogP contribution in [0, 0.1) is 0 Å². The number of piperazine rings is 1. The summed E-state index contributed by atoms with van der Waals surface area (Å²) in [6.45, 7) is 49.9. The molecule has 5 aliphatic rings. The smallest absolute Gasteiger partial charge is 0.0485 e. The summed E-state index contributed by atoms with van der Waals surface area (Å²) in [7, 11) is 0. The molecular formula is C41H90N8. The summed E-state index contributed by atoms with van der Waals surface area (Å²) < 4.78 is 0. The third-order valence-corrected chi connectivity index (χ3v) is 10.4. The van der Waals surface area contributed by atoms with Crippen molar-refractivity contribution in [3.05, 3.63) is 0 Å². The highest BCUT2D eigenvalue weighted by Gasteiger charge is 2.25. The quantitative estimate of drug-likeness (QED) is 0.245. The van der Waals surface area contributed by atoms with Gasteiger partial charge in [0, 0.05) is 80.2 Å². The van der Waals surface area contributed by atoms with Crippen LogP contribution in [0.2, 0.25) is 0 Å². The molecule has 5 saturated heterocycles. The van der Waals surface area contributed by atoms with E-state index in [1.54, 1.807) is 0 Å². The standard InChI is InChI=1S/C9H19N.3C8H18N2.C8H17N/c1-9(2,3)10-7-5-4-6-8-10;1-8(2,3)10-6-4-9-5-7-10;1-8(2,3)10-6-4-5-9-7-10;1-8(2,3)10-7-5-4-6-9-10;1-8(2,3)9-6-4-5-7-9/h4-8H2,1-3H3;3*9H,4-7H2,1-3H3;4-7H2,1-3H3. The Morgan fingerprint density at radius 3 is 0.959 bits per heavy atom. The highest BCUT2D eigenvalue weighted by Crippen LogP contribution is 2.20. The first kappa shape index (κ1) is 46.7. The minimum absolute atomic E-state index is 0.292. The van der Waals surface area contributed by atoms with E-state index in [1.165, 1.54) is 110 Å². The lowest BCUT2D eigenvalue weighted by Crippen LogP contribution is -2.53. The Balaban J connectivity index is 0.000000306. The largest absolute Gasteiger partial charge is 0.314 e. The molecule has 0 saturated carbocycles. The summed E-state index contributed by atoms with van der Waals surface area (Å²) in [5, 5.41) is 9.04. The van der Waals surface area contributed by atoms with Crippen LogP contribution in [-0.2, 0) is 0 Å². The van der Waals surface area contributed by atoms with Gasteiger partial charge in [0.25, 0.3) is 0 Å². The number of hydrogen-bond acceptors (Lipinski definition) is 8. The summed E-state index contributed by atoms with van der Waals surface area (Å²) >= 11 is 0. The molecule has 0 aromatic heterocycles. The zero-order valence-electron chi connectivity index (χ0n) is 36.1. The van der Waals surface area contributed by atoms with Crippen molar-refractivity contribution in [3.63, 3.8) is 0 Å². The fourth-order valence-electron chi connectivity index (χ4n) is 6.81. The lowest BCUT2D eigenvalue weighted by Gasteiger charge is -2.38. The average Bonchev–Trinajstić information content (AvgIpc) is 3.59. The van der Waals surface area contributed by atoms with Gasteiger partial charge in [0.15, 0.2) is 0 Å². The van der Waals surface area contributed by atoms with Crippen molar-refractivity contribution in [1.82, 2.24) is 40.7 Å². The van der Waals surface area contributed by atoms with Crippen LogP contribution in [0.4, 0.5) is 0 Å². The lowest BCUT2D eigenvalue weighted by atomic mass is 10.0. The molecule has 0 aromatic carbocycles. The normalized spacial score (nSPS) is 23.1. The monoisotopic (exact) mass is 695 g/mol. The van der Waals surface area contributed by atoms with E-state index in [0.29, 0.717) is 27.7 Å². The predicted octanol–water partition coefficient (Wildman–Crippen LogP) is 7.26. The van der Waals surface area contributed by atoms with Crippen molar-refractivity contribution in [2.45, 2.75) is 183 Å². The number of likely N-dealkylation sites (tertiary alicyclic amines) is 2. The van der Waals surface area contributed by atoms with E-state index in [4.69, 9.17) is 0 Å². The number of nitrogens with zero attached hydrogens (tertiary/aromatic N) is 5. The van der Waals surface area contributed by atoms with Crippen molar-refractivity contribution in [2.24, 2.45) is 0 Å². The molecule has 5 aliphatic heterocycles. The molecule has 5 heterocycles. The average molecular weight is 695 g/mol. The number of rotatable bonds is 0. The predicted molar refractivity (Wildman–Crippen MR) is 218 cm³/mol. The van der Waals surface area contributed by atoms with Crippen LogP contribution in [-0.4, -0.2) is 138 Å². The number of hydrazine groups is 1. The maximum atomic E-state index is 3.39. The van der Waals surface area contributed by atoms with Crippen molar-refractivity contribution in [2.75, 3.05) is 85.2 Å². The second-order valence-electron chi connectivity index (χ2n) is 19.9. The van der Waals surface area contributed by atoms with E-state index in [9.17, 15) is 0 Å². The van der Waals surface area contributed by atoms with Gasteiger partial charge in [-0.1, -0.05) is 6.42 Å². The Bertz CT molecular complexity index is 685. The highest BCUT2D eigenvalue weighted by atomic mass is 15.5. The van der Waals surface area contributed by atoms with Gasteiger partial charge in [-0.2, -0.15) is 0 Å². The molecule has 0 unspecified atom stereocenters. The van der Waals surface area contributed by atoms with E-state index in [2.05, 4.69) is 145 Å². The van der Waals surface area contributed by atoms with E-state index >= 15 is 0 Å². The van der Waals surface area contributed by atoms with Gasteiger partial charge in [-0.15, -0.1) is 0 Å². The summed E-state index contributed by atoms with van der Waals surface area (Å²) in [6, 6.07) is 0. The van der Waals surface area contributed by atoms with Gasteiger partial charge in [0.1, 0.15) is 0 Å². The fraction of sp³-hybridized carbons (Fsp3) is 1.00. The molecule has 0 spiro atoms. The minimum Gasteiger partial charge on any atom is -0.314 e. The van der Waals surface area contributed by atoms with Crippen LogP contribution in [0.15, 0.2) is 0 Å². The Labute approximate surface area is 308 Å². The number of nitrogens with one attached hydrogen (secondary N) is 3. The molecule has 5 fully saturated rings. The third kappa shape index (κ3) is 21.1. The zero-order chi connectivity index (χ0) is 37.4. The second-order valence-corrected chi connectivity index (χ2v) is 19.9. The van der Waals surface area contributed by atoms with Crippen molar-refractivity contribution < 1.29 is 0 Å². The molecule has 0 amide bonds. The molecule has 0 aromatic rings. The van der Waals surface area contributed by atoms with Gasteiger partial charge in [0.05, 0.1) is 0 Å². The topological polar surface area (TPSA) is 52.3 Å². The van der Waals surface area contributed by atoms with E-state index in [0.717, 1.165) is 26.3 Å². The summed E-state index contributed by atoms with van der Waals surface area (Å²) in [4.78, 5) is 10.1. The van der Waals surface area contributed by atoms with Crippen LogP contribution in [0.3, 0.4) is 0 Å². The van der Waals surface area contributed by atoms with Crippen molar-refractivity contribution in [3.8, 4) is 0 Å². The van der Waals surface area contributed by atoms with E-state index in [-0.39, 0.29) is 0 Å². The molecule has 0 bridgehead atoms. The maximum absolute atomic E-state index is 3.39. The van der Waals surface area contributed by atoms with Crippen LogP contribution >= 0.6 is 0 Å². The summed E-state index contributed by atoms with van der Waals surface area (Å²) in [5.41, 5.74) is 5.20. The van der Waals surface area contributed by atoms with Crippen LogP contribution in [0.1, 0.15) is 155 Å². The first-order chi connectivity index (χ1) is 22.5. The first-order valence-electron chi connectivity index (χ1n) is 20.5. The van der Waals surface area contributed by atoms with Gasteiger partial charge in [-0.05, 0) is 182 Å². The lowest BCUT2D eigenvalue weighted by molar-refractivity contribution is 0.0505. The second kappa shape index (κ2) is 22.0. The van der Waals surface area contributed by atoms with Gasteiger partial charge in [0.2, 0.25) is 0 Å². The maximum Gasteiger partial charge on any atom is 0.0485 e. The van der Waals surface area contributed by atoms with Gasteiger partial charge in [-0.3, -0.25) is 25.0 Å². The third-order valence-electron chi connectivity index (χ3n) is 10.4. The first-order valence-corrected chi connectivity index (χ1v) is 20.5. The zero-order valence-corrected chi connectivity index (χ0v) is 36.1. The molecule has 8 nitrogen and oxygen atoms in total. The minimum atomic E-state index is 0.292. The van der Waals surface area contributed by atoms with Crippen LogP contribution < -0.4 is 16.1 Å². The van der Waals surface area contributed by atoms with Crippen molar-refractivity contribution in [1.29, 1.82) is 0 Å². The molecule has 3 N–H and O–H groups in total. The molecule has 0 radical (unpaired) electrons. The van der Waals surface area contributed by atoms with E-state index < -0.39 is 0 Å². The van der Waals surface area contributed by atoms with Gasteiger partial charge >= 0.3 is 0 Å². The molecular weight excluding hydrogens is 605 g/mol.